The molecule has 1 aromatic carbocycles. The van der Waals surface area contributed by atoms with Gasteiger partial charge >= 0.3 is 0 Å². The number of amides is 1. The molecule has 0 aliphatic carbocycles. The largest absolute Gasteiger partial charge is 0.285 e. The summed E-state index contributed by atoms with van der Waals surface area (Å²) in [5.74, 6) is -0.634. The number of hydrogen-bond donors (Lipinski definition) is 0. The summed E-state index contributed by atoms with van der Waals surface area (Å²) in [7, 11) is 0. The predicted octanol–water partition coefficient (Wildman–Crippen LogP) is 2.75. The molecule has 0 saturated carbocycles. The number of benzene rings is 1. The van der Waals surface area contributed by atoms with Gasteiger partial charge in [-0.15, -0.1) is 0 Å². The van der Waals surface area contributed by atoms with Crippen LogP contribution in [-0.4, -0.2) is 10.3 Å². The van der Waals surface area contributed by atoms with Gasteiger partial charge in [-0.05, 0) is 28.2 Å². The van der Waals surface area contributed by atoms with Crippen LogP contribution in [0.5, 0.6) is 0 Å². The molecule has 0 radical (unpaired) electrons. The highest BCUT2D eigenvalue weighted by molar-refractivity contribution is 7.13. The summed E-state index contributed by atoms with van der Waals surface area (Å²) in [4.78, 5) is 13.7. The lowest BCUT2D eigenvalue weighted by atomic mass is 10.2. The van der Waals surface area contributed by atoms with Gasteiger partial charge in [-0.2, -0.15) is 4.37 Å². The Bertz CT molecular complexity index is 541. The van der Waals surface area contributed by atoms with E-state index >= 15 is 0 Å². The molecule has 0 fully saturated rings. The Morgan fingerprint density at radius 3 is 3.07 bits per heavy atom. The molecule has 0 saturated heterocycles. The first-order valence-electron chi connectivity index (χ1n) is 3.77. The van der Waals surface area contributed by atoms with Gasteiger partial charge < -0.3 is 0 Å². The summed E-state index contributed by atoms with van der Waals surface area (Å²) < 4.78 is 4.85. The molecule has 5 nitrogen and oxygen atoms in total. The minimum atomic E-state index is -0.634. The Kier molecular flexibility index (Phi) is 2.14. The minimum Gasteiger partial charge on any atom is -0.285 e. The van der Waals surface area contributed by atoms with Gasteiger partial charge in [0.15, 0.2) is 0 Å². The van der Waals surface area contributed by atoms with Crippen LogP contribution in [-0.2, 0) is 0 Å². The maximum absolute atomic E-state index is 11.2. The number of rotatable bonds is 1. The van der Waals surface area contributed by atoms with Gasteiger partial charge in [-0.1, -0.05) is 18.2 Å². The van der Waals surface area contributed by atoms with Gasteiger partial charge in [0.25, 0.3) is 5.91 Å². The van der Waals surface area contributed by atoms with Crippen LogP contribution in [0.1, 0.15) is 10.5 Å². The highest BCUT2D eigenvalue weighted by Crippen LogP contribution is 2.22. The topological polar surface area (TPSA) is 78.7 Å². The van der Waals surface area contributed by atoms with Gasteiger partial charge in [0.2, 0.25) is 0 Å². The summed E-state index contributed by atoms with van der Waals surface area (Å²) in [5.41, 5.74) is 8.35. The molecule has 0 unspecified atom stereocenters. The fourth-order valence-corrected chi connectivity index (χ4v) is 1.90. The second kappa shape index (κ2) is 3.45. The predicted molar refractivity (Wildman–Crippen MR) is 53.1 cm³/mol. The van der Waals surface area contributed by atoms with Gasteiger partial charge in [-0.3, -0.25) is 4.79 Å². The van der Waals surface area contributed by atoms with Crippen molar-refractivity contribution in [2.24, 2.45) is 5.11 Å². The van der Waals surface area contributed by atoms with Gasteiger partial charge in [0.1, 0.15) is 5.69 Å². The van der Waals surface area contributed by atoms with Crippen molar-refractivity contribution >= 4 is 27.5 Å². The van der Waals surface area contributed by atoms with Crippen molar-refractivity contribution in [2.75, 3.05) is 0 Å². The van der Waals surface area contributed by atoms with Gasteiger partial charge in [0.05, 0.1) is 4.70 Å². The molecule has 0 aliphatic heterocycles. The third-order valence-corrected chi connectivity index (χ3v) is 2.54. The van der Waals surface area contributed by atoms with E-state index in [4.69, 9.17) is 5.53 Å². The number of hydrogen-bond acceptors (Lipinski definition) is 3. The van der Waals surface area contributed by atoms with Crippen LogP contribution in [0.25, 0.3) is 20.5 Å². The summed E-state index contributed by atoms with van der Waals surface area (Å²) in [6.45, 7) is 0. The molecule has 0 aliphatic rings. The Hall–Kier alpha value is -1.91. The van der Waals surface area contributed by atoms with E-state index in [1.807, 2.05) is 18.2 Å². The van der Waals surface area contributed by atoms with E-state index in [9.17, 15) is 4.79 Å². The average molecular weight is 204 g/mol. The number of nitrogens with zero attached hydrogens (tertiary/aromatic N) is 4. The summed E-state index contributed by atoms with van der Waals surface area (Å²) >= 11 is 1.21. The van der Waals surface area contributed by atoms with Crippen molar-refractivity contribution in [3.8, 4) is 0 Å². The lowest BCUT2D eigenvalue weighted by molar-refractivity contribution is 0.0998. The number of aromatic nitrogens is 1. The van der Waals surface area contributed by atoms with E-state index in [0.29, 0.717) is 0 Å². The van der Waals surface area contributed by atoms with Crippen molar-refractivity contribution in [2.45, 2.75) is 0 Å². The van der Waals surface area contributed by atoms with Gasteiger partial charge in [0, 0.05) is 10.3 Å². The molecule has 2 rings (SSSR count). The summed E-state index contributed by atoms with van der Waals surface area (Å²) in [6, 6.07) is 7.31. The lowest BCUT2D eigenvalue weighted by Crippen LogP contribution is -1.93. The summed E-state index contributed by atoms with van der Waals surface area (Å²) in [5, 5.41) is 3.73. The summed E-state index contributed by atoms with van der Waals surface area (Å²) in [6.07, 6.45) is 0. The highest BCUT2D eigenvalue weighted by Gasteiger charge is 2.11. The van der Waals surface area contributed by atoms with Crippen LogP contribution in [0, 0.1) is 0 Å². The quantitative estimate of drug-likeness (QED) is 0.406. The maximum Gasteiger partial charge on any atom is 0.269 e. The van der Waals surface area contributed by atoms with Crippen LogP contribution >= 0.6 is 11.5 Å². The molecule has 1 heterocycles. The van der Waals surface area contributed by atoms with E-state index in [-0.39, 0.29) is 5.69 Å². The van der Waals surface area contributed by atoms with E-state index in [2.05, 4.69) is 14.4 Å². The van der Waals surface area contributed by atoms with Crippen LogP contribution < -0.4 is 0 Å². The van der Waals surface area contributed by atoms with Crippen LogP contribution in [0.4, 0.5) is 0 Å². The van der Waals surface area contributed by atoms with Crippen LogP contribution in [0.15, 0.2) is 29.4 Å². The monoisotopic (exact) mass is 204 g/mol. The molecule has 68 valence electrons. The molecule has 0 bridgehead atoms. The Morgan fingerprint density at radius 2 is 2.29 bits per heavy atom. The van der Waals surface area contributed by atoms with Crippen molar-refractivity contribution in [1.82, 2.24) is 4.37 Å². The molecule has 1 amide bonds. The number of azide groups is 1. The maximum atomic E-state index is 11.2. The Morgan fingerprint density at radius 1 is 1.50 bits per heavy atom. The molecule has 0 N–H and O–H groups in total. The fourth-order valence-electron chi connectivity index (χ4n) is 1.13. The molecule has 0 atom stereocenters. The zero-order valence-electron chi connectivity index (χ0n) is 6.91. The molecule has 2 aromatic rings. The molecule has 1 aromatic heterocycles. The van der Waals surface area contributed by atoms with E-state index < -0.39 is 5.91 Å². The number of carbonyl (C=O) groups is 1. The molecule has 0 spiro atoms. The number of carbonyl (C=O) groups excluding carboxylic acids is 1. The first-order valence-corrected chi connectivity index (χ1v) is 4.54. The third kappa shape index (κ3) is 1.32. The Labute approximate surface area is 82.8 Å². The SMILES string of the molecule is [N-]=[N+]=NC(=O)c1nsc2ccccc12. The molecular weight excluding hydrogens is 200 g/mol. The smallest absolute Gasteiger partial charge is 0.269 e. The van der Waals surface area contributed by atoms with E-state index in [1.54, 1.807) is 6.07 Å². The molecule has 6 heteroatoms. The third-order valence-electron chi connectivity index (χ3n) is 1.72. The van der Waals surface area contributed by atoms with Crippen LogP contribution in [0.2, 0.25) is 0 Å². The average Bonchev–Trinajstić information content (AvgIpc) is 2.61. The number of fused-ring (bicyclic) bond motifs is 1. The second-order valence-corrected chi connectivity index (χ2v) is 3.33. The van der Waals surface area contributed by atoms with Crippen molar-refractivity contribution in [1.29, 1.82) is 0 Å². The first kappa shape index (κ1) is 8.68. The van der Waals surface area contributed by atoms with Crippen LogP contribution in [0.3, 0.4) is 0 Å². The van der Waals surface area contributed by atoms with Crippen molar-refractivity contribution in [3.63, 3.8) is 0 Å². The van der Waals surface area contributed by atoms with E-state index in [0.717, 1.165) is 10.1 Å². The Balaban J connectivity index is 2.64. The van der Waals surface area contributed by atoms with E-state index in [1.165, 1.54) is 11.5 Å². The zero-order valence-corrected chi connectivity index (χ0v) is 7.73. The zero-order chi connectivity index (χ0) is 9.97. The second-order valence-electron chi connectivity index (χ2n) is 2.52. The fraction of sp³-hybridized carbons (Fsp3) is 0. The standard InChI is InChI=1S/C8H4N4OS/c9-12-10-8(13)7-5-3-1-2-4-6(5)14-11-7/h1-4H. The van der Waals surface area contributed by atoms with Gasteiger partial charge in [-0.25, -0.2) is 0 Å². The van der Waals surface area contributed by atoms with Crippen molar-refractivity contribution < 1.29 is 4.79 Å². The highest BCUT2D eigenvalue weighted by atomic mass is 32.1. The van der Waals surface area contributed by atoms with Crippen molar-refractivity contribution in [3.05, 3.63) is 40.4 Å². The first-order chi connectivity index (χ1) is 6.83. The molecule has 14 heavy (non-hydrogen) atoms. The molecular formula is C8H4N4OS. The minimum absolute atomic E-state index is 0.225. The lowest BCUT2D eigenvalue weighted by Gasteiger charge is -1.88. The normalized spacial score (nSPS) is 9.71.